The number of aromatic nitrogens is 1. The minimum atomic E-state index is 0.166. The van der Waals surface area contributed by atoms with Crippen LogP contribution in [0.25, 0.3) is 0 Å². The quantitative estimate of drug-likeness (QED) is 0.909. The molecule has 18 heavy (non-hydrogen) atoms. The van der Waals surface area contributed by atoms with Gasteiger partial charge in [-0.25, -0.2) is 4.98 Å². The number of thiazole rings is 1. The van der Waals surface area contributed by atoms with Crippen molar-refractivity contribution >= 4 is 17.2 Å². The largest absolute Gasteiger partial charge is 0.338 e. The van der Waals surface area contributed by atoms with Crippen LogP contribution in [0.5, 0.6) is 0 Å². The normalized spacial score (nSPS) is 20.2. The molecule has 2 heterocycles. The van der Waals surface area contributed by atoms with Gasteiger partial charge in [-0.15, -0.1) is 11.3 Å². The maximum absolute atomic E-state index is 12.5. The second kappa shape index (κ2) is 5.80. The molecule has 1 atom stereocenters. The number of amides is 1. The van der Waals surface area contributed by atoms with Crippen molar-refractivity contribution in [3.8, 4) is 0 Å². The van der Waals surface area contributed by atoms with Crippen molar-refractivity contribution < 1.29 is 4.79 Å². The predicted octanol–water partition coefficient (Wildman–Crippen LogP) is 1.83. The molecule has 1 aliphatic rings. The molecule has 1 saturated heterocycles. The smallest absolute Gasteiger partial charge is 0.265 e. The van der Waals surface area contributed by atoms with E-state index < -0.39 is 0 Å². The van der Waals surface area contributed by atoms with Crippen molar-refractivity contribution in [1.29, 1.82) is 0 Å². The van der Waals surface area contributed by atoms with E-state index in [1.54, 1.807) is 0 Å². The zero-order chi connectivity index (χ0) is 13.1. The van der Waals surface area contributed by atoms with Crippen LogP contribution in [-0.2, 0) is 0 Å². The summed E-state index contributed by atoms with van der Waals surface area (Å²) >= 11 is 1.51. The summed E-state index contributed by atoms with van der Waals surface area (Å²) in [7, 11) is 1.97. The highest BCUT2D eigenvalue weighted by Gasteiger charge is 2.26. The maximum Gasteiger partial charge on any atom is 0.265 e. The number of nitrogens with zero attached hydrogens (tertiary/aromatic N) is 2. The third-order valence-corrected chi connectivity index (χ3v) is 4.46. The summed E-state index contributed by atoms with van der Waals surface area (Å²) in [4.78, 5) is 19.6. The first-order valence-electron chi connectivity index (χ1n) is 6.49. The van der Waals surface area contributed by atoms with Crippen LogP contribution < -0.4 is 5.32 Å². The molecule has 2 rings (SSSR count). The molecule has 1 unspecified atom stereocenters. The van der Waals surface area contributed by atoms with Crippen molar-refractivity contribution in [1.82, 2.24) is 15.2 Å². The van der Waals surface area contributed by atoms with E-state index in [0.29, 0.717) is 5.92 Å². The first kappa shape index (κ1) is 13.5. The van der Waals surface area contributed by atoms with Gasteiger partial charge in [0.1, 0.15) is 4.88 Å². The van der Waals surface area contributed by atoms with Gasteiger partial charge in [0, 0.05) is 13.1 Å². The van der Waals surface area contributed by atoms with E-state index >= 15 is 0 Å². The molecule has 0 aromatic carbocycles. The molecule has 0 aliphatic carbocycles. The van der Waals surface area contributed by atoms with E-state index in [2.05, 4.69) is 10.3 Å². The number of rotatable bonds is 3. The number of hydrogen-bond donors (Lipinski definition) is 1. The standard InChI is InChI=1S/C13H21N3OS/c1-9-12(18-10(2)15-9)13(17)16-6-4-5-11(8-16)7-14-3/h11,14H,4-8H2,1-3H3. The number of carbonyl (C=O) groups is 1. The van der Waals surface area contributed by atoms with E-state index in [4.69, 9.17) is 0 Å². The second-order valence-corrected chi connectivity index (χ2v) is 6.17. The summed E-state index contributed by atoms with van der Waals surface area (Å²) in [5.74, 6) is 0.751. The van der Waals surface area contributed by atoms with Gasteiger partial charge in [-0.05, 0) is 46.2 Å². The van der Waals surface area contributed by atoms with Crippen LogP contribution in [0.4, 0.5) is 0 Å². The van der Waals surface area contributed by atoms with Crippen molar-refractivity contribution in [2.45, 2.75) is 26.7 Å². The van der Waals surface area contributed by atoms with Crippen molar-refractivity contribution in [2.75, 3.05) is 26.7 Å². The molecule has 1 aromatic heterocycles. The lowest BCUT2D eigenvalue weighted by atomic mass is 9.98. The Labute approximate surface area is 112 Å². The third kappa shape index (κ3) is 2.90. The lowest BCUT2D eigenvalue weighted by molar-refractivity contribution is 0.0678. The molecule has 1 amide bonds. The highest BCUT2D eigenvalue weighted by Crippen LogP contribution is 2.23. The molecule has 1 aromatic rings. The molecule has 0 radical (unpaired) electrons. The fourth-order valence-corrected chi connectivity index (χ4v) is 3.47. The predicted molar refractivity (Wildman–Crippen MR) is 74.1 cm³/mol. The minimum absolute atomic E-state index is 0.166. The molecule has 1 aliphatic heterocycles. The van der Waals surface area contributed by atoms with Gasteiger partial charge in [0.25, 0.3) is 5.91 Å². The Morgan fingerprint density at radius 1 is 1.56 bits per heavy atom. The molecule has 5 heteroatoms. The number of nitrogens with one attached hydrogen (secondary N) is 1. The average Bonchev–Trinajstić information content (AvgIpc) is 2.68. The molecule has 4 nitrogen and oxygen atoms in total. The minimum Gasteiger partial charge on any atom is -0.338 e. The molecule has 0 bridgehead atoms. The van der Waals surface area contributed by atoms with E-state index in [-0.39, 0.29) is 5.91 Å². The highest BCUT2D eigenvalue weighted by atomic mass is 32.1. The van der Waals surface area contributed by atoms with E-state index in [0.717, 1.165) is 41.6 Å². The van der Waals surface area contributed by atoms with E-state index in [9.17, 15) is 4.79 Å². The molecule has 0 spiro atoms. The van der Waals surface area contributed by atoms with Gasteiger partial charge in [-0.3, -0.25) is 4.79 Å². The van der Waals surface area contributed by atoms with Crippen molar-refractivity contribution in [3.05, 3.63) is 15.6 Å². The SMILES string of the molecule is CNCC1CCCN(C(=O)c2sc(C)nc2C)C1. The number of hydrogen-bond acceptors (Lipinski definition) is 4. The van der Waals surface area contributed by atoms with Crippen LogP contribution in [0, 0.1) is 19.8 Å². The Morgan fingerprint density at radius 2 is 2.33 bits per heavy atom. The van der Waals surface area contributed by atoms with E-state index in [1.165, 1.54) is 17.8 Å². The fraction of sp³-hybridized carbons (Fsp3) is 0.692. The zero-order valence-electron chi connectivity index (χ0n) is 11.3. The Bertz CT molecular complexity index is 428. The van der Waals surface area contributed by atoms with Crippen LogP contribution in [0.2, 0.25) is 0 Å². The van der Waals surface area contributed by atoms with Crippen LogP contribution in [0.3, 0.4) is 0 Å². The fourth-order valence-electron chi connectivity index (χ4n) is 2.58. The lowest BCUT2D eigenvalue weighted by Gasteiger charge is -2.32. The van der Waals surface area contributed by atoms with Gasteiger partial charge in [0.2, 0.25) is 0 Å². The summed E-state index contributed by atoms with van der Waals surface area (Å²) in [6.07, 6.45) is 2.32. The Morgan fingerprint density at radius 3 is 2.94 bits per heavy atom. The first-order valence-corrected chi connectivity index (χ1v) is 7.31. The molecule has 0 saturated carbocycles. The first-order chi connectivity index (χ1) is 8.61. The Kier molecular flexibility index (Phi) is 4.35. The summed E-state index contributed by atoms with van der Waals surface area (Å²) in [6, 6.07) is 0. The summed E-state index contributed by atoms with van der Waals surface area (Å²) in [6.45, 7) is 6.62. The average molecular weight is 267 g/mol. The second-order valence-electron chi connectivity index (χ2n) is 4.96. The van der Waals surface area contributed by atoms with E-state index in [1.807, 2.05) is 25.8 Å². The van der Waals surface area contributed by atoms with Gasteiger partial charge >= 0.3 is 0 Å². The van der Waals surface area contributed by atoms with Gasteiger partial charge in [-0.1, -0.05) is 0 Å². The van der Waals surface area contributed by atoms with Gasteiger partial charge in [-0.2, -0.15) is 0 Å². The monoisotopic (exact) mass is 267 g/mol. The van der Waals surface area contributed by atoms with Crippen molar-refractivity contribution in [2.24, 2.45) is 5.92 Å². The summed E-state index contributed by atoms with van der Waals surface area (Å²) in [5.41, 5.74) is 0.873. The molecule has 1 fully saturated rings. The third-order valence-electron chi connectivity index (χ3n) is 3.40. The van der Waals surface area contributed by atoms with Crippen LogP contribution in [0.1, 0.15) is 33.2 Å². The maximum atomic E-state index is 12.5. The number of likely N-dealkylation sites (tertiary alicyclic amines) is 1. The number of piperidine rings is 1. The highest BCUT2D eigenvalue weighted by molar-refractivity contribution is 7.13. The summed E-state index contributed by atoms with van der Waals surface area (Å²) in [5, 5.41) is 4.18. The van der Waals surface area contributed by atoms with Crippen LogP contribution in [0.15, 0.2) is 0 Å². The summed E-state index contributed by atoms with van der Waals surface area (Å²) < 4.78 is 0. The topological polar surface area (TPSA) is 45.2 Å². The molecular formula is C13H21N3OS. The van der Waals surface area contributed by atoms with Crippen LogP contribution in [-0.4, -0.2) is 42.5 Å². The number of carbonyl (C=O) groups excluding carboxylic acids is 1. The molecule has 1 N–H and O–H groups in total. The number of aryl methyl sites for hydroxylation is 2. The van der Waals surface area contributed by atoms with Crippen molar-refractivity contribution in [3.63, 3.8) is 0 Å². The Balaban J connectivity index is 2.06. The van der Waals surface area contributed by atoms with Gasteiger partial charge in [0.05, 0.1) is 10.7 Å². The van der Waals surface area contributed by atoms with Crippen LogP contribution >= 0.6 is 11.3 Å². The Hall–Kier alpha value is -0.940. The molecular weight excluding hydrogens is 246 g/mol. The molecule has 100 valence electrons. The van der Waals surface area contributed by atoms with Gasteiger partial charge in [0.15, 0.2) is 0 Å². The zero-order valence-corrected chi connectivity index (χ0v) is 12.1. The van der Waals surface area contributed by atoms with Gasteiger partial charge < -0.3 is 10.2 Å². The lowest BCUT2D eigenvalue weighted by Crippen LogP contribution is -2.42.